The van der Waals surface area contributed by atoms with Gasteiger partial charge in [0.05, 0.1) is 19.1 Å². The van der Waals surface area contributed by atoms with Crippen LogP contribution in [-0.2, 0) is 16.1 Å². The Kier molecular flexibility index (Phi) is 7.18. The zero-order valence-corrected chi connectivity index (χ0v) is 21.2. The van der Waals surface area contributed by atoms with Gasteiger partial charge in [0, 0.05) is 25.4 Å². The van der Waals surface area contributed by atoms with Gasteiger partial charge in [0.25, 0.3) is 5.91 Å². The molecule has 1 fully saturated rings. The van der Waals surface area contributed by atoms with Crippen LogP contribution in [-0.4, -0.2) is 72.6 Å². The fraction of sp³-hybridized carbons (Fsp3) is 0.346. The first-order valence-electron chi connectivity index (χ1n) is 12.2. The van der Waals surface area contributed by atoms with E-state index in [0.717, 1.165) is 11.1 Å². The van der Waals surface area contributed by atoms with Gasteiger partial charge in [0.1, 0.15) is 18.0 Å². The standard InChI is InChI=1S/C26H29N7O5/c1-4-37-17-9-16(11-28-12-17)22-31-23(29-10-15-7-5-6-14(2)8-15)18-24(32-22)33(13-30-18)26-20(35)19(34)21(38-26)25(36)27-3/h5-9,11-13,19-21,26,34-35H,4,10H2,1-3H3,(H,27,36)(H,29,31,32)/t19-,20+,21-,26-/m0/s1. The number of pyridine rings is 1. The molecule has 1 aliphatic rings. The zero-order chi connectivity index (χ0) is 26.8. The number of carbonyl (C=O) groups is 1. The molecule has 0 unspecified atom stereocenters. The number of likely N-dealkylation sites (N-methyl/N-ethyl adjacent to an activating group) is 1. The lowest BCUT2D eigenvalue weighted by atomic mass is 10.1. The van der Waals surface area contributed by atoms with Crippen molar-refractivity contribution in [1.82, 2.24) is 29.8 Å². The second-order valence-corrected chi connectivity index (χ2v) is 8.95. The van der Waals surface area contributed by atoms with E-state index >= 15 is 0 Å². The van der Waals surface area contributed by atoms with E-state index in [-0.39, 0.29) is 0 Å². The van der Waals surface area contributed by atoms with Crippen molar-refractivity contribution in [2.45, 2.75) is 44.9 Å². The number of ether oxygens (including phenoxy) is 2. The first-order valence-corrected chi connectivity index (χ1v) is 12.2. The molecule has 12 nitrogen and oxygen atoms in total. The van der Waals surface area contributed by atoms with Crippen molar-refractivity contribution in [1.29, 1.82) is 0 Å². The SMILES string of the molecule is CCOc1cncc(-c2nc(NCc3cccc(C)c3)c3ncn([C@H]4O[C@H](C(=O)NC)[C@@H](O)[C@H]4O)c3n2)c1. The summed E-state index contributed by atoms with van der Waals surface area (Å²) in [6.45, 7) is 4.87. The van der Waals surface area contributed by atoms with Gasteiger partial charge in [0.15, 0.2) is 35.1 Å². The lowest BCUT2D eigenvalue weighted by Gasteiger charge is -2.17. The number of aryl methyl sites for hydroxylation is 1. The fourth-order valence-electron chi connectivity index (χ4n) is 4.40. The topological polar surface area (TPSA) is 157 Å². The molecular weight excluding hydrogens is 490 g/mol. The Morgan fingerprint density at radius 1 is 1.18 bits per heavy atom. The van der Waals surface area contributed by atoms with E-state index in [1.165, 1.54) is 17.9 Å². The highest BCUT2D eigenvalue weighted by atomic mass is 16.6. The third kappa shape index (κ3) is 4.88. The lowest BCUT2D eigenvalue weighted by Crippen LogP contribution is -2.41. The maximum Gasteiger partial charge on any atom is 0.251 e. The summed E-state index contributed by atoms with van der Waals surface area (Å²) >= 11 is 0. The van der Waals surface area contributed by atoms with Crippen LogP contribution in [0, 0.1) is 6.92 Å². The Balaban J connectivity index is 1.58. The summed E-state index contributed by atoms with van der Waals surface area (Å²) < 4.78 is 12.9. The molecule has 5 rings (SSSR count). The van der Waals surface area contributed by atoms with Gasteiger partial charge in [-0.1, -0.05) is 29.8 Å². The van der Waals surface area contributed by atoms with Gasteiger partial charge in [-0.25, -0.2) is 15.0 Å². The number of anilines is 1. The van der Waals surface area contributed by atoms with Crippen LogP contribution in [0.3, 0.4) is 0 Å². The summed E-state index contributed by atoms with van der Waals surface area (Å²) in [6.07, 6.45) is -0.480. The quantitative estimate of drug-likeness (QED) is 0.269. The van der Waals surface area contributed by atoms with Crippen molar-refractivity contribution in [2.75, 3.05) is 19.0 Å². The molecule has 0 aliphatic carbocycles. The summed E-state index contributed by atoms with van der Waals surface area (Å²) in [7, 11) is 1.43. The van der Waals surface area contributed by atoms with Gasteiger partial charge in [-0.3, -0.25) is 14.3 Å². The molecule has 0 saturated carbocycles. The van der Waals surface area contributed by atoms with Crippen LogP contribution in [0.2, 0.25) is 0 Å². The van der Waals surface area contributed by atoms with E-state index in [0.29, 0.717) is 47.3 Å². The van der Waals surface area contributed by atoms with Gasteiger partial charge < -0.3 is 30.3 Å². The monoisotopic (exact) mass is 519 g/mol. The van der Waals surface area contributed by atoms with Gasteiger partial charge in [-0.15, -0.1) is 0 Å². The maximum absolute atomic E-state index is 12.2. The van der Waals surface area contributed by atoms with Crippen molar-refractivity contribution < 1.29 is 24.5 Å². The van der Waals surface area contributed by atoms with Gasteiger partial charge in [-0.2, -0.15) is 0 Å². The average Bonchev–Trinajstić information content (AvgIpc) is 3.47. The largest absolute Gasteiger partial charge is 0.492 e. The van der Waals surface area contributed by atoms with Gasteiger partial charge in [-0.05, 0) is 25.5 Å². The molecule has 1 saturated heterocycles. The molecule has 12 heteroatoms. The minimum absolute atomic E-state index is 0.343. The van der Waals surface area contributed by atoms with E-state index in [2.05, 4.69) is 26.7 Å². The molecule has 1 amide bonds. The van der Waals surface area contributed by atoms with E-state index in [4.69, 9.17) is 19.4 Å². The Bertz CT molecular complexity index is 1460. The minimum Gasteiger partial charge on any atom is -0.492 e. The number of aliphatic hydroxyl groups excluding tert-OH is 2. The Labute approximate surface area is 218 Å². The summed E-state index contributed by atoms with van der Waals surface area (Å²) in [5, 5.41) is 27.0. The molecular formula is C26H29N7O5. The third-order valence-electron chi connectivity index (χ3n) is 6.26. The van der Waals surface area contributed by atoms with E-state index in [1.54, 1.807) is 18.5 Å². The normalized spacial score (nSPS) is 21.0. The molecule has 3 aromatic heterocycles. The molecule has 0 bridgehead atoms. The number of imidazole rings is 1. The van der Waals surface area contributed by atoms with Crippen LogP contribution in [0.15, 0.2) is 49.1 Å². The Hall–Kier alpha value is -4.13. The van der Waals surface area contributed by atoms with Crippen molar-refractivity contribution >= 4 is 22.9 Å². The molecule has 4 aromatic rings. The first-order chi connectivity index (χ1) is 18.4. The second-order valence-electron chi connectivity index (χ2n) is 8.95. The lowest BCUT2D eigenvalue weighted by molar-refractivity contribution is -0.137. The highest BCUT2D eigenvalue weighted by molar-refractivity contribution is 5.85. The molecule has 0 spiro atoms. The third-order valence-corrected chi connectivity index (χ3v) is 6.26. The Morgan fingerprint density at radius 3 is 2.79 bits per heavy atom. The highest BCUT2D eigenvalue weighted by Crippen LogP contribution is 2.34. The number of nitrogens with one attached hydrogen (secondary N) is 2. The molecule has 4 heterocycles. The van der Waals surface area contributed by atoms with Crippen molar-refractivity contribution in [3.63, 3.8) is 0 Å². The predicted molar refractivity (Wildman–Crippen MR) is 138 cm³/mol. The molecule has 38 heavy (non-hydrogen) atoms. The first kappa shape index (κ1) is 25.5. The summed E-state index contributed by atoms with van der Waals surface area (Å²) in [5.41, 5.74) is 3.59. The molecule has 1 aromatic carbocycles. The summed E-state index contributed by atoms with van der Waals surface area (Å²) in [4.78, 5) is 30.4. The number of hydrogen-bond acceptors (Lipinski definition) is 10. The molecule has 4 N–H and O–H groups in total. The molecule has 198 valence electrons. The number of rotatable bonds is 8. The number of aliphatic hydroxyl groups is 2. The van der Waals surface area contributed by atoms with Crippen molar-refractivity contribution in [2.24, 2.45) is 0 Å². The minimum atomic E-state index is -1.43. The van der Waals surface area contributed by atoms with Gasteiger partial charge in [0.2, 0.25) is 0 Å². The molecule has 0 radical (unpaired) electrons. The zero-order valence-electron chi connectivity index (χ0n) is 21.2. The predicted octanol–water partition coefficient (Wildman–Crippen LogP) is 1.57. The highest BCUT2D eigenvalue weighted by Gasteiger charge is 2.47. The number of amides is 1. The van der Waals surface area contributed by atoms with Crippen molar-refractivity contribution in [3.05, 3.63) is 60.2 Å². The van der Waals surface area contributed by atoms with Crippen LogP contribution in [0.4, 0.5) is 5.82 Å². The van der Waals surface area contributed by atoms with Crippen LogP contribution in [0.1, 0.15) is 24.3 Å². The van der Waals surface area contributed by atoms with E-state index in [1.807, 2.05) is 32.0 Å². The van der Waals surface area contributed by atoms with Crippen molar-refractivity contribution in [3.8, 4) is 17.1 Å². The second kappa shape index (κ2) is 10.7. The number of fused-ring (bicyclic) bond motifs is 1. The number of nitrogens with zero attached hydrogens (tertiary/aromatic N) is 5. The van der Waals surface area contributed by atoms with Crippen LogP contribution in [0.5, 0.6) is 5.75 Å². The number of carbonyl (C=O) groups excluding carboxylic acids is 1. The number of hydrogen-bond donors (Lipinski definition) is 4. The van der Waals surface area contributed by atoms with Crippen LogP contribution >= 0.6 is 0 Å². The maximum atomic E-state index is 12.2. The van der Waals surface area contributed by atoms with E-state index < -0.39 is 30.4 Å². The number of aromatic nitrogens is 5. The molecule has 4 atom stereocenters. The van der Waals surface area contributed by atoms with Crippen LogP contribution < -0.4 is 15.4 Å². The summed E-state index contributed by atoms with van der Waals surface area (Å²) in [6, 6.07) is 9.88. The van der Waals surface area contributed by atoms with Crippen LogP contribution in [0.25, 0.3) is 22.6 Å². The number of benzene rings is 1. The average molecular weight is 520 g/mol. The fourth-order valence-corrected chi connectivity index (χ4v) is 4.40. The summed E-state index contributed by atoms with van der Waals surface area (Å²) in [5.74, 6) is 0.833. The molecule has 1 aliphatic heterocycles. The Morgan fingerprint density at radius 2 is 2.03 bits per heavy atom. The van der Waals surface area contributed by atoms with Gasteiger partial charge >= 0.3 is 0 Å². The van der Waals surface area contributed by atoms with E-state index in [9.17, 15) is 15.0 Å². The smallest absolute Gasteiger partial charge is 0.251 e.